The second kappa shape index (κ2) is 7.90. The van der Waals surface area contributed by atoms with Crippen molar-refractivity contribution < 1.29 is 23.1 Å². The van der Waals surface area contributed by atoms with E-state index in [1.54, 1.807) is 0 Å². The number of carbonyl (C=O) groups excluding carboxylic acids is 2. The van der Waals surface area contributed by atoms with Gasteiger partial charge in [-0.1, -0.05) is 30.3 Å². The van der Waals surface area contributed by atoms with E-state index in [1.807, 2.05) is 30.3 Å². The summed E-state index contributed by atoms with van der Waals surface area (Å²) in [6.45, 7) is -0.300. The lowest BCUT2D eigenvalue weighted by atomic mass is 10.1. The van der Waals surface area contributed by atoms with Crippen LogP contribution in [0.25, 0.3) is 0 Å². The third kappa shape index (κ3) is 3.84. The molecule has 1 aliphatic heterocycles. The van der Waals surface area contributed by atoms with Gasteiger partial charge in [-0.05, 0) is 5.56 Å². The second-order valence-electron chi connectivity index (χ2n) is 6.74. The predicted molar refractivity (Wildman–Crippen MR) is 102 cm³/mol. The lowest BCUT2D eigenvalue weighted by molar-refractivity contribution is -0.120. The van der Waals surface area contributed by atoms with E-state index in [9.17, 15) is 18.4 Å². The average Bonchev–Trinajstić information content (AvgIpc) is 3.14. The van der Waals surface area contributed by atoms with E-state index in [2.05, 4.69) is 20.5 Å². The fourth-order valence-electron chi connectivity index (χ4n) is 3.16. The lowest BCUT2D eigenvalue weighted by Crippen LogP contribution is -2.49. The maximum atomic E-state index is 14.1. The molecule has 2 N–H and O–H groups in total. The van der Waals surface area contributed by atoms with Gasteiger partial charge >= 0.3 is 0 Å². The van der Waals surface area contributed by atoms with Crippen LogP contribution in [0, 0.1) is 11.6 Å². The number of halogens is 2. The van der Waals surface area contributed by atoms with Crippen molar-refractivity contribution in [3.63, 3.8) is 0 Å². The van der Waals surface area contributed by atoms with Crippen LogP contribution in [-0.4, -0.2) is 46.7 Å². The molecule has 0 saturated heterocycles. The first-order valence-electron chi connectivity index (χ1n) is 9.08. The Hall–Kier alpha value is -3.82. The normalized spacial score (nSPS) is 15.9. The third-order valence-corrected chi connectivity index (χ3v) is 4.62. The molecule has 1 atom stereocenters. The molecule has 0 bridgehead atoms. The van der Waals surface area contributed by atoms with E-state index in [0.29, 0.717) is 18.3 Å². The number of rotatable bonds is 4. The summed E-state index contributed by atoms with van der Waals surface area (Å²) < 4.78 is 33.0. The molecule has 3 aromatic rings. The van der Waals surface area contributed by atoms with Crippen LogP contribution in [-0.2, 0) is 11.2 Å². The van der Waals surface area contributed by atoms with Crippen LogP contribution in [0.1, 0.15) is 22.0 Å². The van der Waals surface area contributed by atoms with Crippen molar-refractivity contribution in [2.45, 2.75) is 12.5 Å². The van der Waals surface area contributed by atoms with Crippen molar-refractivity contribution >= 4 is 17.5 Å². The fraction of sp³-hybridized carbons (Fsp3) is 0.200. The van der Waals surface area contributed by atoms with E-state index >= 15 is 0 Å². The monoisotopic (exact) mass is 413 g/mol. The minimum Gasteiger partial charge on any atom is -0.488 e. The van der Waals surface area contributed by atoms with Crippen molar-refractivity contribution in [2.75, 3.05) is 18.6 Å². The first kappa shape index (κ1) is 19.5. The highest BCUT2D eigenvalue weighted by atomic mass is 19.1. The molecular weight excluding hydrogens is 396 g/mol. The zero-order chi connectivity index (χ0) is 21.3. The number of fused-ring (bicyclic) bond motifs is 1. The van der Waals surface area contributed by atoms with E-state index in [1.165, 1.54) is 7.05 Å². The molecule has 1 aromatic heterocycles. The molecule has 1 aliphatic rings. The number of carbonyl (C=O) groups is 2. The van der Waals surface area contributed by atoms with Crippen molar-refractivity contribution in [1.82, 2.24) is 20.5 Å². The van der Waals surface area contributed by atoms with E-state index in [-0.39, 0.29) is 23.9 Å². The van der Waals surface area contributed by atoms with Gasteiger partial charge in [0.15, 0.2) is 5.82 Å². The van der Waals surface area contributed by atoms with Gasteiger partial charge in [0, 0.05) is 25.6 Å². The molecule has 2 aromatic carbocycles. The zero-order valence-electron chi connectivity index (χ0n) is 15.9. The highest BCUT2D eigenvalue weighted by molar-refractivity contribution is 6.02. The lowest BCUT2D eigenvalue weighted by Gasteiger charge is -2.20. The molecule has 4 rings (SSSR count). The molecular formula is C20H17F2N5O3. The predicted octanol–water partition coefficient (Wildman–Crippen LogP) is 1.83. The number of hydrogen-bond donors (Lipinski definition) is 2. The highest BCUT2D eigenvalue weighted by Crippen LogP contribution is 2.34. The summed E-state index contributed by atoms with van der Waals surface area (Å²) in [5.41, 5.74) is 0.794. The van der Waals surface area contributed by atoms with Gasteiger partial charge in [-0.15, -0.1) is 5.10 Å². The minimum atomic E-state index is -1.13. The topological polar surface area (TPSA) is 100 Å². The average molecular weight is 413 g/mol. The van der Waals surface area contributed by atoms with Gasteiger partial charge in [-0.25, -0.2) is 13.8 Å². The van der Waals surface area contributed by atoms with E-state index in [4.69, 9.17) is 4.74 Å². The number of ether oxygens (including phenoxy) is 1. The van der Waals surface area contributed by atoms with Gasteiger partial charge in [0.1, 0.15) is 35.7 Å². The molecule has 0 aliphatic carbocycles. The van der Waals surface area contributed by atoms with Gasteiger partial charge in [-0.2, -0.15) is 0 Å². The number of aromatic amines is 1. The standard InChI is InChI=1S/C20H17F2N5O3/c1-27-17-13(22)8-12(21)9-15(17)30-10-14(20(27)29)23-19(28)18-24-16(25-26-18)7-11-5-3-2-4-6-11/h2-6,8-9,14H,7,10H2,1H3,(H,23,28)(H,24,25,26)/t14-/m0/s1. The van der Waals surface area contributed by atoms with Crippen LogP contribution in [0.15, 0.2) is 42.5 Å². The van der Waals surface area contributed by atoms with Crippen molar-refractivity contribution in [2.24, 2.45) is 0 Å². The molecule has 2 amide bonds. The number of amides is 2. The Bertz CT molecular complexity index is 1100. The number of aromatic nitrogens is 3. The first-order chi connectivity index (χ1) is 14.4. The number of anilines is 1. The van der Waals surface area contributed by atoms with Gasteiger partial charge in [-0.3, -0.25) is 14.7 Å². The molecule has 10 heteroatoms. The summed E-state index contributed by atoms with van der Waals surface area (Å²) in [5.74, 6) is -2.87. The summed E-state index contributed by atoms with van der Waals surface area (Å²) in [6, 6.07) is 10.0. The SMILES string of the molecule is CN1C(=O)[C@@H](NC(=O)c2n[nH]c(Cc3ccccc3)n2)COc2cc(F)cc(F)c21. The highest BCUT2D eigenvalue weighted by Gasteiger charge is 2.33. The Morgan fingerprint density at radius 3 is 2.83 bits per heavy atom. The first-order valence-corrected chi connectivity index (χ1v) is 9.08. The number of H-pyrrole nitrogens is 1. The van der Waals surface area contributed by atoms with Crippen LogP contribution >= 0.6 is 0 Å². The number of benzene rings is 2. The summed E-state index contributed by atoms with van der Waals surface area (Å²) in [4.78, 5) is 30.3. The minimum absolute atomic E-state index is 0.122. The molecule has 0 unspecified atom stereocenters. The summed E-state index contributed by atoms with van der Waals surface area (Å²) in [7, 11) is 1.32. The molecule has 0 saturated carbocycles. The number of hydrogen-bond acceptors (Lipinski definition) is 5. The Kier molecular flexibility index (Phi) is 5.13. The van der Waals surface area contributed by atoms with Gasteiger partial charge in [0.2, 0.25) is 5.82 Å². The Labute approximate surface area is 169 Å². The second-order valence-corrected chi connectivity index (χ2v) is 6.74. The van der Waals surface area contributed by atoms with E-state index < -0.39 is 29.5 Å². The molecule has 8 nitrogen and oxygen atoms in total. The van der Waals surface area contributed by atoms with Gasteiger partial charge in [0.05, 0.1) is 0 Å². The molecule has 154 valence electrons. The van der Waals surface area contributed by atoms with Gasteiger partial charge in [0.25, 0.3) is 11.8 Å². The number of likely N-dealkylation sites (N-methyl/N-ethyl adjacent to an activating group) is 1. The Morgan fingerprint density at radius 2 is 2.07 bits per heavy atom. The summed E-state index contributed by atoms with van der Waals surface area (Å²) in [5, 5.41) is 9.06. The van der Waals surface area contributed by atoms with Crippen LogP contribution in [0.4, 0.5) is 14.5 Å². The molecule has 0 radical (unpaired) electrons. The third-order valence-electron chi connectivity index (χ3n) is 4.62. The molecule has 0 fully saturated rings. The van der Waals surface area contributed by atoms with Crippen LogP contribution < -0.4 is 15.0 Å². The van der Waals surface area contributed by atoms with Crippen molar-refractivity contribution in [3.05, 3.63) is 71.3 Å². The fourth-order valence-corrected chi connectivity index (χ4v) is 3.16. The largest absolute Gasteiger partial charge is 0.488 e. The Balaban J connectivity index is 1.47. The number of nitrogens with zero attached hydrogens (tertiary/aromatic N) is 3. The molecule has 0 spiro atoms. The summed E-state index contributed by atoms with van der Waals surface area (Å²) in [6.07, 6.45) is 0.454. The van der Waals surface area contributed by atoms with Crippen molar-refractivity contribution in [3.8, 4) is 5.75 Å². The number of nitrogens with one attached hydrogen (secondary N) is 2. The Morgan fingerprint density at radius 1 is 1.30 bits per heavy atom. The summed E-state index contributed by atoms with van der Waals surface area (Å²) >= 11 is 0. The van der Waals surface area contributed by atoms with Crippen LogP contribution in [0.3, 0.4) is 0 Å². The van der Waals surface area contributed by atoms with Crippen LogP contribution in [0.2, 0.25) is 0 Å². The maximum Gasteiger partial charge on any atom is 0.291 e. The maximum absolute atomic E-state index is 14.1. The zero-order valence-corrected chi connectivity index (χ0v) is 15.9. The van der Waals surface area contributed by atoms with Crippen LogP contribution in [0.5, 0.6) is 5.75 Å². The van der Waals surface area contributed by atoms with Gasteiger partial charge < -0.3 is 15.0 Å². The van der Waals surface area contributed by atoms with E-state index in [0.717, 1.165) is 16.5 Å². The molecule has 30 heavy (non-hydrogen) atoms. The smallest absolute Gasteiger partial charge is 0.291 e. The van der Waals surface area contributed by atoms with Crippen molar-refractivity contribution in [1.29, 1.82) is 0 Å². The quantitative estimate of drug-likeness (QED) is 0.680. The molecule has 2 heterocycles.